The van der Waals surface area contributed by atoms with Gasteiger partial charge in [0.25, 0.3) is 0 Å². The molecule has 0 spiro atoms. The minimum Gasteiger partial charge on any atom is -0.493 e. The van der Waals surface area contributed by atoms with Crippen molar-refractivity contribution in [1.82, 2.24) is 15.5 Å². The number of aryl methyl sites for hydroxylation is 1. The zero-order valence-electron chi connectivity index (χ0n) is 12.9. The van der Waals surface area contributed by atoms with Gasteiger partial charge in [-0.25, -0.2) is 0 Å². The molecule has 0 radical (unpaired) electrons. The van der Waals surface area contributed by atoms with Gasteiger partial charge in [-0.1, -0.05) is 37.3 Å². The maximum atomic E-state index is 5.76. The van der Waals surface area contributed by atoms with Gasteiger partial charge in [0.15, 0.2) is 0 Å². The van der Waals surface area contributed by atoms with Crippen LogP contribution in [0.25, 0.3) is 0 Å². The number of benzene rings is 1. The minimum atomic E-state index is 0.318. The maximum Gasteiger partial charge on any atom is 0.134 e. The molecule has 0 saturated heterocycles. The molecule has 1 atom stereocenters. The molecule has 1 aromatic heterocycles. The Labute approximate surface area is 130 Å². The Kier molecular flexibility index (Phi) is 6.14. The molecule has 0 aliphatic rings. The van der Waals surface area contributed by atoms with Crippen molar-refractivity contribution < 1.29 is 4.74 Å². The van der Waals surface area contributed by atoms with Crippen molar-refractivity contribution in [2.24, 2.45) is 0 Å². The van der Waals surface area contributed by atoms with Gasteiger partial charge in [-0.3, -0.25) is 0 Å². The first-order valence-corrected chi connectivity index (χ1v) is 8.29. The van der Waals surface area contributed by atoms with Crippen LogP contribution in [0.1, 0.15) is 41.9 Å². The van der Waals surface area contributed by atoms with Crippen molar-refractivity contribution in [3.63, 3.8) is 0 Å². The number of hydrogen-bond donors (Lipinski definition) is 1. The number of nitrogens with zero attached hydrogens (tertiary/aromatic N) is 2. The topological polar surface area (TPSA) is 47.0 Å². The smallest absolute Gasteiger partial charge is 0.134 e. The molecule has 1 aromatic carbocycles. The van der Waals surface area contributed by atoms with Crippen LogP contribution in [0.15, 0.2) is 24.3 Å². The number of aromatic nitrogens is 2. The first-order chi connectivity index (χ1) is 10.2. The highest BCUT2D eigenvalue weighted by Crippen LogP contribution is 2.21. The molecule has 2 aromatic rings. The van der Waals surface area contributed by atoms with Gasteiger partial charge in [0, 0.05) is 6.42 Å². The Morgan fingerprint density at radius 1 is 1.29 bits per heavy atom. The van der Waals surface area contributed by atoms with Crippen molar-refractivity contribution in [2.75, 3.05) is 13.2 Å². The Bertz CT molecular complexity index is 556. The van der Waals surface area contributed by atoms with E-state index in [1.165, 1.54) is 5.56 Å². The Hall–Kier alpha value is -1.46. The molecule has 0 amide bonds. The molecule has 1 N–H and O–H groups in total. The normalized spacial score (nSPS) is 12.3. The van der Waals surface area contributed by atoms with Crippen LogP contribution in [0.3, 0.4) is 0 Å². The van der Waals surface area contributed by atoms with Crippen LogP contribution in [-0.4, -0.2) is 23.3 Å². The summed E-state index contributed by atoms with van der Waals surface area (Å²) in [4.78, 5) is 0. The summed E-state index contributed by atoms with van der Waals surface area (Å²) in [5.41, 5.74) is 1.21. The lowest BCUT2D eigenvalue weighted by atomic mass is 10.2. The average Bonchev–Trinajstić information content (AvgIpc) is 2.93. The van der Waals surface area contributed by atoms with Gasteiger partial charge >= 0.3 is 0 Å². The fourth-order valence-corrected chi connectivity index (χ4v) is 3.10. The highest BCUT2D eigenvalue weighted by molar-refractivity contribution is 7.11. The summed E-state index contributed by atoms with van der Waals surface area (Å²) >= 11 is 1.68. The molecule has 5 heteroatoms. The zero-order chi connectivity index (χ0) is 15.1. The second-order valence-corrected chi connectivity index (χ2v) is 6.06. The van der Waals surface area contributed by atoms with E-state index in [0.717, 1.165) is 35.2 Å². The van der Waals surface area contributed by atoms with Crippen LogP contribution in [0, 0.1) is 6.92 Å². The van der Waals surface area contributed by atoms with Gasteiger partial charge in [-0.15, -0.1) is 10.2 Å². The van der Waals surface area contributed by atoms with Crippen LogP contribution < -0.4 is 10.1 Å². The summed E-state index contributed by atoms with van der Waals surface area (Å²) < 4.78 is 5.76. The molecular weight excluding hydrogens is 282 g/mol. The van der Waals surface area contributed by atoms with Crippen molar-refractivity contribution in [2.45, 2.75) is 39.7 Å². The third-order valence-corrected chi connectivity index (χ3v) is 4.31. The van der Waals surface area contributed by atoms with E-state index in [1.54, 1.807) is 11.3 Å². The summed E-state index contributed by atoms with van der Waals surface area (Å²) in [5.74, 6) is 0.916. The van der Waals surface area contributed by atoms with Crippen molar-refractivity contribution in [3.8, 4) is 5.75 Å². The molecule has 1 heterocycles. The third kappa shape index (κ3) is 4.79. The van der Waals surface area contributed by atoms with Crippen LogP contribution in [0.4, 0.5) is 0 Å². The quantitative estimate of drug-likeness (QED) is 0.810. The van der Waals surface area contributed by atoms with Crippen LogP contribution in [-0.2, 0) is 6.42 Å². The molecule has 1 unspecified atom stereocenters. The molecule has 0 saturated carbocycles. The standard InChI is InChI=1S/C16H23N3OS/c1-4-14(17-5-2)16-19-18-15(21-16)9-10-20-13-8-6-7-12(3)11-13/h6-8,11,14,17H,4-5,9-10H2,1-3H3. The lowest BCUT2D eigenvalue weighted by Gasteiger charge is -2.11. The molecule has 2 rings (SSSR count). The second-order valence-electron chi connectivity index (χ2n) is 4.97. The highest BCUT2D eigenvalue weighted by atomic mass is 32.1. The number of rotatable bonds is 8. The van der Waals surface area contributed by atoms with E-state index in [0.29, 0.717) is 12.6 Å². The van der Waals surface area contributed by atoms with Gasteiger partial charge in [0.1, 0.15) is 15.8 Å². The van der Waals surface area contributed by atoms with E-state index in [1.807, 2.05) is 18.2 Å². The zero-order valence-corrected chi connectivity index (χ0v) is 13.7. The van der Waals surface area contributed by atoms with Crippen molar-refractivity contribution >= 4 is 11.3 Å². The Balaban J connectivity index is 1.85. The van der Waals surface area contributed by atoms with Gasteiger partial charge in [-0.05, 0) is 37.6 Å². The van der Waals surface area contributed by atoms with E-state index >= 15 is 0 Å². The first kappa shape index (κ1) is 15.9. The summed E-state index contributed by atoms with van der Waals surface area (Å²) in [5, 5.41) is 14.1. The molecule has 4 nitrogen and oxygen atoms in total. The fraction of sp³-hybridized carbons (Fsp3) is 0.500. The molecule has 0 aliphatic carbocycles. The van der Waals surface area contributed by atoms with E-state index < -0.39 is 0 Å². The minimum absolute atomic E-state index is 0.318. The van der Waals surface area contributed by atoms with E-state index in [2.05, 4.69) is 42.4 Å². The van der Waals surface area contributed by atoms with Gasteiger partial charge < -0.3 is 10.1 Å². The molecule has 0 aliphatic heterocycles. The summed E-state index contributed by atoms with van der Waals surface area (Å²) in [6, 6.07) is 8.42. The van der Waals surface area contributed by atoms with Crippen LogP contribution in [0.2, 0.25) is 0 Å². The predicted molar refractivity (Wildman–Crippen MR) is 87.0 cm³/mol. The van der Waals surface area contributed by atoms with Crippen molar-refractivity contribution in [1.29, 1.82) is 0 Å². The maximum absolute atomic E-state index is 5.76. The second kappa shape index (κ2) is 8.10. The van der Waals surface area contributed by atoms with Crippen LogP contribution in [0.5, 0.6) is 5.75 Å². The van der Waals surface area contributed by atoms with E-state index in [9.17, 15) is 0 Å². The van der Waals surface area contributed by atoms with Gasteiger partial charge in [-0.2, -0.15) is 0 Å². The summed E-state index contributed by atoms with van der Waals surface area (Å²) in [6.45, 7) is 7.92. The van der Waals surface area contributed by atoms with Gasteiger partial charge in [0.05, 0.1) is 12.6 Å². The summed E-state index contributed by atoms with van der Waals surface area (Å²) in [6.07, 6.45) is 1.83. The Morgan fingerprint density at radius 2 is 2.14 bits per heavy atom. The fourth-order valence-electron chi connectivity index (χ4n) is 2.12. The lowest BCUT2D eigenvalue weighted by molar-refractivity contribution is 0.321. The number of ether oxygens (including phenoxy) is 1. The highest BCUT2D eigenvalue weighted by Gasteiger charge is 2.13. The van der Waals surface area contributed by atoms with E-state index in [-0.39, 0.29) is 0 Å². The summed E-state index contributed by atoms with van der Waals surface area (Å²) in [7, 11) is 0. The predicted octanol–water partition coefficient (Wildman–Crippen LogP) is 3.53. The van der Waals surface area contributed by atoms with Crippen molar-refractivity contribution in [3.05, 3.63) is 39.8 Å². The molecular formula is C16H23N3OS. The van der Waals surface area contributed by atoms with Gasteiger partial charge in [0.2, 0.25) is 0 Å². The van der Waals surface area contributed by atoms with E-state index in [4.69, 9.17) is 4.74 Å². The monoisotopic (exact) mass is 305 g/mol. The first-order valence-electron chi connectivity index (χ1n) is 7.48. The molecule has 21 heavy (non-hydrogen) atoms. The number of nitrogens with one attached hydrogen (secondary N) is 1. The molecule has 0 fully saturated rings. The lowest BCUT2D eigenvalue weighted by Crippen LogP contribution is -2.19. The number of hydrogen-bond acceptors (Lipinski definition) is 5. The third-order valence-electron chi connectivity index (χ3n) is 3.21. The SMILES string of the molecule is CCNC(CC)c1nnc(CCOc2cccc(C)c2)s1. The Morgan fingerprint density at radius 3 is 2.86 bits per heavy atom. The average molecular weight is 305 g/mol. The molecule has 114 valence electrons. The largest absolute Gasteiger partial charge is 0.493 e. The van der Waals surface area contributed by atoms with Crippen LogP contribution >= 0.6 is 11.3 Å². The molecule has 0 bridgehead atoms.